The normalized spacial score (nSPS) is 47.9. The highest BCUT2D eigenvalue weighted by atomic mass is 16.6. The number of carboxylic acid groups (broad SMARTS) is 1. The lowest BCUT2D eigenvalue weighted by molar-refractivity contribution is -0.967. The fourth-order valence-corrected chi connectivity index (χ4v) is 7.90. The number of piperidine rings is 4. The van der Waals surface area contributed by atoms with Crippen LogP contribution in [0, 0.1) is 28.2 Å². The second-order valence-corrected chi connectivity index (χ2v) is 9.33. The van der Waals surface area contributed by atoms with Gasteiger partial charge in [0.05, 0.1) is 12.0 Å². The number of hydroxylamine groups is 3. The molecule has 1 spiro atoms. The first-order valence-electron chi connectivity index (χ1n) is 10.2. The minimum Gasteiger partial charge on any atom is -0.632 e. The molecule has 29 heavy (non-hydrogen) atoms. The van der Waals surface area contributed by atoms with Gasteiger partial charge < -0.3 is 24.9 Å². The number of quaternary nitrogens is 1. The van der Waals surface area contributed by atoms with Gasteiger partial charge in [0.25, 0.3) is 0 Å². The molecule has 6 aliphatic rings. The molecule has 1 saturated carbocycles. The largest absolute Gasteiger partial charge is 0.632 e. The summed E-state index contributed by atoms with van der Waals surface area (Å²) in [5, 5.41) is 37.7. The molecule has 1 aliphatic carbocycles. The predicted octanol–water partition coefficient (Wildman–Crippen LogP) is 1.66. The number of carbonyl (C=O) groups is 2. The number of fused-ring (bicyclic) bond motifs is 2. The molecule has 8 nitrogen and oxygen atoms in total. The molecule has 0 radical (unpaired) electrons. The lowest BCUT2D eigenvalue weighted by Gasteiger charge is -2.68. The molecule has 5 bridgehead atoms. The van der Waals surface area contributed by atoms with Gasteiger partial charge in [0.15, 0.2) is 6.04 Å². The van der Waals surface area contributed by atoms with Crippen molar-refractivity contribution in [1.82, 2.24) is 0 Å². The molecular weight excluding hydrogens is 376 g/mol. The maximum Gasteiger partial charge on any atom is 0.312 e. The van der Waals surface area contributed by atoms with E-state index in [0.29, 0.717) is 24.2 Å². The fraction of sp³-hybridized carbons (Fsp3) is 0.571. The van der Waals surface area contributed by atoms with E-state index >= 15 is 0 Å². The summed E-state index contributed by atoms with van der Waals surface area (Å²) < 4.78 is 6.06. The zero-order valence-electron chi connectivity index (χ0n) is 16.1. The SMILES string of the molecule is CC(=O)OC1C2C3C[C@H]4C5=[N+]([O-])c6ccccc6[C@]51C[C@@H]2[N+]4([O-])[C@@H](C)[C@@H]3C(=O)O. The van der Waals surface area contributed by atoms with Crippen molar-refractivity contribution in [1.29, 1.82) is 0 Å². The van der Waals surface area contributed by atoms with E-state index in [9.17, 15) is 25.1 Å². The molecule has 9 atom stereocenters. The molecule has 152 valence electrons. The van der Waals surface area contributed by atoms with E-state index in [1.807, 2.05) is 12.1 Å². The van der Waals surface area contributed by atoms with Crippen LogP contribution in [0.4, 0.5) is 5.69 Å². The summed E-state index contributed by atoms with van der Waals surface area (Å²) in [6.07, 6.45) is 0.0972. The number of carbonyl (C=O) groups excluding carboxylic acids is 1. The van der Waals surface area contributed by atoms with Gasteiger partial charge in [-0.1, -0.05) is 18.2 Å². The van der Waals surface area contributed by atoms with Crippen LogP contribution < -0.4 is 0 Å². The first kappa shape index (κ1) is 17.4. The minimum absolute atomic E-state index is 0.283. The Morgan fingerprint density at radius 3 is 2.76 bits per heavy atom. The summed E-state index contributed by atoms with van der Waals surface area (Å²) in [6, 6.07) is 5.69. The molecule has 1 N–H and O–H groups in total. The fourth-order valence-electron chi connectivity index (χ4n) is 7.90. The molecule has 0 aromatic heterocycles. The third kappa shape index (κ3) is 1.62. The zero-order valence-corrected chi connectivity index (χ0v) is 16.1. The standard InChI is InChI=1S/C21H22N2O6/c1-9-16(20(25)26)11-7-14-18-21(12-5-3-4-6-13(12)22(18)27)8-15(23(9,14)28)17(11)19(21)29-10(2)24/h3-6,9,11,14-17,19H,7-8H2,1-2H3,(H,25,26)/t9-,11?,14-,15-,16-,17?,19?,21+,23?/m0/s1. The predicted molar refractivity (Wildman–Crippen MR) is 100.0 cm³/mol. The van der Waals surface area contributed by atoms with Crippen molar-refractivity contribution in [3.05, 3.63) is 40.2 Å². The zero-order chi connectivity index (χ0) is 20.5. The lowest BCUT2D eigenvalue weighted by atomic mass is 9.61. The van der Waals surface area contributed by atoms with Gasteiger partial charge in [0.1, 0.15) is 23.5 Å². The summed E-state index contributed by atoms with van der Waals surface area (Å²) in [5.74, 6) is -2.88. The molecule has 5 heterocycles. The third-order valence-electron chi connectivity index (χ3n) is 8.60. The van der Waals surface area contributed by atoms with E-state index in [1.54, 1.807) is 19.1 Å². The van der Waals surface area contributed by atoms with Crippen molar-refractivity contribution < 1.29 is 28.8 Å². The summed E-state index contributed by atoms with van der Waals surface area (Å²) >= 11 is 0. The highest BCUT2D eigenvalue weighted by Gasteiger charge is 2.83. The molecule has 5 aliphatic heterocycles. The van der Waals surface area contributed by atoms with Crippen LogP contribution in [0.25, 0.3) is 0 Å². The van der Waals surface area contributed by atoms with Gasteiger partial charge in [0.2, 0.25) is 11.4 Å². The number of rotatable bonds is 2. The van der Waals surface area contributed by atoms with Crippen molar-refractivity contribution in [3.63, 3.8) is 0 Å². The quantitative estimate of drug-likeness (QED) is 0.351. The topological polar surface area (TPSA) is 113 Å². The molecule has 4 saturated heterocycles. The Hall–Kier alpha value is -2.45. The summed E-state index contributed by atoms with van der Waals surface area (Å²) in [5.41, 5.74) is 0.982. The van der Waals surface area contributed by atoms with Gasteiger partial charge in [0, 0.05) is 31.4 Å². The highest BCUT2D eigenvalue weighted by Crippen LogP contribution is 2.69. The van der Waals surface area contributed by atoms with E-state index in [2.05, 4.69) is 0 Å². The third-order valence-corrected chi connectivity index (χ3v) is 8.60. The van der Waals surface area contributed by atoms with Crippen LogP contribution in [0.5, 0.6) is 0 Å². The van der Waals surface area contributed by atoms with Gasteiger partial charge in [-0.15, -0.1) is 0 Å². The molecule has 5 fully saturated rings. The minimum atomic E-state index is -0.975. The Balaban J connectivity index is 1.67. The number of ether oxygens (including phenoxy) is 1. The summed E-state index contributed by atoms with van der Waals surface area (Å²) in [4.78, 5) is 24.2. The number of nitrogens with zero attached hydrogens (tertiary/aromatic N) is 2. The van der Waals surface area contributed by atoms with Crippen LogP contribution in [0.2, 0.25) is 0 Å². The molecule has 1 aromatic rings. The molecule has 0 amide bonds. The number of aliphatic carboxylic acids is 1. The number of benzene rings is 1. The molecule has 1 aromatic carbocycles. The first-order chi connectivity index (χ1) is 13.7. The van der Waals surface area contributed by atoms with Crippen LogP contribution in [-0.4, -0.2) is 56.4 Å². The second-order valence-electron chi connectivity index (χ2n) is 9.33. The summed E-state index contributed by atoms with van der Waals surface area (Å²) in [7, 11) is 0. The van der Waals surface area contributed by atoms with Crippen molar-refractivity contribution in [2.45, 2.75) is 56.3 Å². The lowest BCUT2D eigenvalue weighted by Crippen LogP contribution is -2.79. The van der Waals surface area contributed by atoms with Gasteiger partial charge in [-0.25, -0.2) is 0 Å². The van der Waals surface area contributed by atoms with Crippen molar-refractivity contribution in [2.24, 2.45) is 17.8 Å². The number of carboxylic acids is 1. The van der Waals surface area contributed by atoms with Crippen molar-refractivity contribution in [2.75, 3.05) is 0 Å². The average molecular weight is 398 g/mol. The maximum absolute atomic E-state index is 14.4. The smallest absolute Gasteiger partial charge is 0.312 e. The maximum atomic E-state index is 14.4. The number of hydrogen-bond donors (Lipinski definition) is 1. The Labute approximate surface area is 167 Å². The van der Waals surface area contributed by atoms with E-state index in [-0.39, 0.29) is 17.9 Å². The van der Waals surface area contributed by atoms with E-state index in [0.717, 1.165) is 10.3 Å². The Morgan fingerprint density at radius 1 is 1.34 bits per heavy atom. The van der Waals surface area contributed by atoms with Crippen LogP contribution >= 0.6 is 0 Å². The van der Waals surface area contributed by atoms with Crippen LogP contribution in [0.15, 0.2) is 24.3 Å². The molecular formula is C21H22N2O6. The Bertz CT molecular complexity index is 1020. The van der Waals surface area contributed by atoms with Crippen LogP contribution in [-0.2, 0) is 19.7 Å². The number of para-hydroxylation sites is 1. The van der Waals surface area contributed by atoms with Crippen molar-refractivity contribution >= 4 is 23.3 Å². The molecule has 4 unspecified atom stereocenters. The van der Waals surface area contributed by atoms with E-state index in [4.69, 9.17) is 4.74 Å². The van der Waals surface area contributed by atoms with Gasteiger partial charge in [-0.05, 0) is 12.8 Å². The van der Waals surface area contributed by atoms with Crippen molar-refractivity contribution in [3.8, 4) is 0 Å². The van der Waals surface area contributed by atoms with E-state index < -0.39 is 46.1 Å². The number of hydrogen-bond acceptors (Lipinski definition) is 5. The van der Waals surface area contributed by atoms with Gasteiger partial charge in [-0.2, -0.15) is 4.74 Å². The van der Waals surface area contributed by atoms with E-state index in [1.165, 1.54) is 6.92 Å². The van der Waals surface area contributed by atoms with Crippen LogP contribution in [0.3, 0.4) is 0 Å². The summed E-state index contributed by atoms with van der Waals surface area (Å²) in [6.45, 7) is 3.04. The monoisotopic (exact) mass is 398 g/mol. The Morgan fingerprint density at radius 2 is 2.07 bits per heavy atom. The molecule has 7 rings (SSSR count). The second kappa shape index (κ2) is 4.99. The van der Waals surface area contributed by atoms with Crippen LogP contribution in [0.1, 0.15) is 32.3 Å². The number of esters is 1. The van der Waals surface area contributed by atoms with Gasteiger partial charge in [-0.3, -0.25) is 9.59 Å². The van der Waals surface area contributed by atoms with Gasteiger partial charge >= 0.3 is 11.9 Å². The molecule has 8 heteroatoms. The first-order valence-corrected chi connectivity index (χ1v) is 10.2. The highest BCUT2D eigenvalue weighted by molar-refractivity contribution is 6.02. The Kier molecular flexibility index (Phi) is 3.00. The average Bonchev–Trinajstić information content (AvgIpc) is 3.06.